The normalized spacial score (nSPS) is 11.7. The smallest absolute Gasteiger partial charge is 0.206 e. The molecule has 0 amide bonds. The Labute approximate surface area is 231 Å². The molecule has 0 spiro atoms. The van der Waals surface area contributed by atoms with Crippen molar-refractivity contribution in [3.8, 4) is 23.0 Å². The van der Waals surface area contributed by atoms with E-state index in [1.807, 2.05) is 0 Å². The topological polar surface area (TPSA) is 127 Å². The van der Waals surface area contributed by atoms with Crippen LogP contribution in [0, 0.1) is 0 Å². The average Bonchev–Trinajstić information content (AvgIpc) is 2.93. The molecule has 0 heterocycles. The van der Waals surface area contributed by atoms with Crippen molar-refractivity contribution in [1.82, 2.24) is 0 Å². The Morgan fingerprint density at radius 3 is 1.08 bits per heavy atom. The molecular weight excluding hydrogens is 561 g/mol. The van der Waals surface area contributed by atoms with E-state index in [1.54, 1.807) is 36.0 Å². The number of phenolic OH excluding ortho intramolecular Hbond substituents is 2. The van der Waals surface area contributed by atoms with Gasteiger partial charge in [0.2, 0.25) is 19.7 Å². The number of thioether (sulfide) groups is 1. The van der Waals surface area contributed by atoms with Crippen molar-refractivity contribution >= 4 is 31.4 Å². The third kappa shape index (κ3) is 7.25. The second-order valence-electron chi connectivity index (χ2n) is 8.25. The number of aromatic hydroxyl groups is 2. The quantitative estimate of drug-likeness (QED) is 0.222. The molecule has 0 bridgehead atoms. The summed E-state index contributed by atoms with van der Waals surface area (Å²) in [4.78, 5) is 0.474. The van der Waals surface area contributed by atoms with Crippen molar-refractivity contribution in [2.75, 3.05) is 24.7 Å². The van der Waals surface area contributed by atoms with Gasteiger partial charge in [0.1, 0.15) is 23.0 Å². The minimum atomic E-state index is -3.68. The van der Waals surface area contributed by atoms with E-state index in [0.717, 1.165) is 0 Å². The van der Waals surface area contributed by atoms with E-state index in [-0.39, 0.29) is 31.1 Å². The van der Waals surface area contributed by atoms with E-state index >= 15 is 0 Å². The van der Waals surface area contributed by atoms with Crippen LogP contribution in [0.15, 0.2) is 117 Å². The Bertz CT molecular complexity index is 1460. The van der Waals surface area contributed by atoms with Gasteiger partial charge in [0.25, 0.3) is 0 Å². The molecule has 11 heteroatoms. The Balaban J connectivity index is 1.17. The van der Waals surface area contributed by atoms with Gasteiger partial charge in [-0.2, -0.15) is 11.8 Å². The maximum absolute atomic E-state index is 12.7. The fraction of sp³-hybridized carbons (Fsp3) is 0.143. The molecule has 0 fully saturated rings. The third-order valence-corrected chi connectivity index (χ3v) is 10.0. The highest BCUT2D eigenvalue weighted by atomic mass is 32.2. The molecule has 0 aliphatic carbocycles. The van der Waals surface area contributed by atoms with Gasteiger partial charge in [0.15, 0.2) is 0 Å². The van der Waals surface area contributed by atoms with Crippen LogP contribution in [0.5, 0.6) is 23.0 Å². The minimum absolute atomic E-state index is 0.00315. The van der Waals surface area contributed by atoms with Crippen LogP contribution >= 0.6 is 11.8 Å². The van der Waals surface area contributed by atoms with Gasteiger partial charge in [0.05, 0.1) is 32.8 Å². The van der Waals surface area contributed by atoms with Crippen molar-refractivity contribution in [3.05, 3.63) is 97.1 Å². The molecule has 0 aliphatic rings. The zero-order chi connectivity index (χ0) is 27.9. The summed E-state index contributed by atoms with van der Waals surface area (Å²) in [6, 6.07) is 23.1. The highest BCUT2D eigenvalue weighted by molar-refractivity contribution is 7.99. The summed E-state index contributed by atoms with van der Waals surface area (Å²) in [5, 5.41) is 18.7. The van der Waals surface area contributed by atoms with Crippen molar-refractivity contribution < 1.29 is 36.5 Å². The largest absolute Gasteiger partial charge is 0.508 e. The SMILES string of the molecule is O=S(=O)(c1ccc(O)cc1)c1ccc(OCCSCCOc2ccc(S(=O)(=O)c3ccc(O)cc3)cc2)cc1. The van der Waals surface area contributed by atoms with Crippen LogP contribution in [-0.4, -0.2) is 51.8 Å². The van der Waals surface area contributed by atoms with Crippen LogP contribution in [0.25, 0.3) is 0 Å². The summed E-state index contributed by atoms with van der Waals surface area (Å²) >= 11 is 1.62. The Hall–Kier alpha value is -3.67. The summed E-state index contributed by atoms with van der Waals surface area (Å²) < 4.78 is 62.1. The number of hydrogen-bond donors (Lipinski definition) is 2. The molecule has 0 radical (unpaired) electrons. The third-order valence-electron chi connectivity index (χ3n) is 5.55. The number of ether oxygens (including phenoxy) is 2. The predicted molar refractivity (Wildman–Crippen MR) is 148 cm³/mol. The first-order chi connectivity index (χ1) is 18.7. The first-order valence-corrected chi connectivity index (χ1v) is 15.9. The van der Waals surface area contributed by atoms with E-state index in [1.165, 1.54) is 72.8 Å². The van der Waals surface area contributed by atoms with E-state index in [4.69, 9.17) is 9.47 Å². The zero-order valence-corrected chi connectivity index (χ0v) is 23.1. The summed E-state index contributed by atoms with van der Waals surface area (Å²) in [7, 11) is -7.36. The fourth-order valence-electron chi connectivity index (χ4n) is 3.49. The van der Waals surface area contributed by atoms with Crippen molar-refractivity contribution in [1.29, 1.82) is 0 Å². The fourth-order valence-corrected chi connectivity index (χ4v) is 6.62. The van der Waals surface area contributed by atoms with Crippen LogP contribution < -0.4 is 9.47 Å². The summed E-state index contributed by atoms with van der Waals surface area (Å²) in [5.74, 6) is 2.49. The number of hydrogen-bond acceptors (Lipinski definition) is 9. The van der Waals surface area contributed by atoms with Gasteiger partial charge in [-0.05, 0) is 97.1 Å². The van der Waals surface area contributed by atoms with Crippen LogP contribution in [0.3, 0.4) is 0 Å². The number of benzene rings is 4. The lowest BCUT2D eigenvalue weighted by atomic mass is 10.3. The standard InChI is InChI=1S/C28H26O8S3/c29-21-1-9-25(10-2-21)38(31,32)27-13-5-23(6-14-27)35-17-19-37-20-18-36-24-7-15-28(16-8-24)39(33,34)26-11-3-22(30)4-12-26/h1-16,29-30H,17-20H2. The summed E-state index contributed by atoms with van der Waals surface area (Å²) in [6.45, 7) is 0.858. The van der Waals surface area contributed by atoms with Crippen molar-refractivity contribution in [2.24, 2.45) is 0 Å². The van der Waals surface area contributed by atoms with Crippen LogP contribution in [0.4, 0.5) is 0 Å². The predicted octanol–water partition coefficient (Wildman–Crippen LogP) is 4.95. The monoisotopic (exact) mass is 586 g/mol. The van der Waals surface area contributed by atoms with Gasteiger partial charge in [-0.1, -0.05) is 0 Å². The summed E-state index contributed by atoms with van der Waals surface area (Å²) in [6.07, 6.45) is 0. The minimum Gasteiger partial charge on any atom is -0.508 e. The molecule has 4 aromatic rings. The molecule has 4 rings (SSSR count). The highest BCUT2D eigenvalue weighted by Gasteiger charge is 2.18. The van der Waals surface area contributed by atoms with E-state index in [2.05, 4.69) is 0 Å². The lowest BCUT2D eigenvalue weighted by Crippen LogP contribution is -2.06. The molecule has 4 aromatic carbocycles. The highest BCUT2D eigenvalue weighted by Crippen LogP contribution is 2.26. The Kier molecular flexibility index (Phi) is 9.05. The lowest BCUT2D eigenvalue weighted by Gasteiger charge is -2.09. The molecular formula is C28H26O8S3. The molecule has 8 nitrogen and oxygen atoms in total. The first-order valence-electron chi connectivity index (χ1n) is 11.8. The molecule has 0 aromatic heterocycles. The molecule has 0 saturated heterocycles. The number of phenols is 2. The van der Waals surface area contributed by atoms with Crippen LogP contribution in [0.2, 0.25) is 0 Å². The van der Waals surface area contributed by atoms with Gasteiger partial charge in [-0.3, -0.25) is 0 Å². The van der Waals surface area contributed by atoms with E-state index in [9.17, 15) is 27.0 Å². The summed E-state index contributed by atoms with van der Waals surface area (Å²) in [5.41, 5.74) is 0. The molecule has 0 atom stereocenters. The van der Waals surface area contributed by atoms with Gasteiger partial charge in [-0.25, -0.2) is 16.8 Å². The second-order valence-corrected chi connectivity index (χ2v) is 13.4. The van der Waals surface area contributed by atoms with Gasteiger partial charge in [0, 0.05) is 11.5 Å². The van der Waals surface area contributed by atoms with Crippen molar-refractivity contribution in [2.45, 2.75) is 19.6 Å². The van der Waals surface area contributed by atoms with Crippen LogP contribution in [0.1, 0.15) is 0 Å². The van der Waals surface area contributed by atoms with E-state index in [0.29, 0.717) is 36.2 Å². The molecule has 0 aliphatic heterocycles. The first kappa shape index (κ1) is 28.3. The second kappa shape index (κ2) is 12.5. The maximum atomic E-state index is 12.7. The lowest BCUT2D eigenvalue weighted by molar-refractivity contribution is 0.339. The maximum Gasteiger partial charge on any atom is 0.206 e. The zero-order valence-electron chi connectivity index (χ0n) is 20.6. The molecule has 204 valence electrons. The van der Waals surface area contributed by atoms with Gasteiger partial charge < -0.3 is 19.7 Å². The number of rotatable bonds is 12. The molecule has 0 saturated carbocycles. The van der Waals surface area contributed by atoms with Crippen LogP contribution in [-0.2, 0) is 19.7 Å². The van der Waals surface area contributed by atoms with Gasteiger partial charge in [-0.15, -0.1) is 0 Å². The van der Waals surface area contributed by atoms with E-state index < -0.39 is 19.7 Å². The molecule has 39 heavy (non-hydrogen) atoms. The van der Waals surface area contributed by atoms with Crippen molar-refractivity contribution in [3.63, 3.8) is 0 Å². The Morgan fingerprint density at radius 2 is 0.769 bits per heavy atom. The molecule has 2 N–H and O–H groups in total. The number of sulfone groups is 2. The molecule has 0 unspecified atom stereocenters. The van der Waals surface area contributed by atoms with Gasteiger partial charge >= 0.3 is 0 Å². The average molecular weight is 587 g/mol. The Morgan fingerprint density at radius 1 is 0.487 bits per heavy atom.